The van der Waals surface area contributed by atoms with Gasteiger partial charge in [0.1, 0.15) is 0 Å². The number of anilines is 1. The van der Waals surface area contributed by atoms with Crippen molar-refractivity contribution in [2.45, 2.75) is 43.9 Å². The van der Waals surface area contributed by atoms with Crippen LogP contribution in [0, 0.1) is 0 Å². The van der Waals surface area contributed by atoms with Gasteiger partial charge >= 0.3 is 0 Å². The highest BCUT2D eigenvalue weighted by Gasteiger charge is 2.33. The molecule has 2 atom stereocenters. The number of carbonyl (C=O) groups excluding carboxylic acids is 1. The molecule has 0 radical (unpaired) electrons. The first-order chi connectivity index (χ1) is 15.2. The molecule has 2 heterocycles. The van der Waals surface area contributed by atoms with Crippen molar-refractivity contribution in [3.8, 4) is 0 Å². The summed E-state index contributed by atoms with van der Waals surface area (Å²) in [5, 5.41) is 7.25. The molecule has 0 spiro atoms. The normalized spacial score (nSPS) is 23.7. The molecule has 2 aromatic carbocycles. The predicted molar refractivity (Wildman–Crippen MR) is 122 cm³/mol. The van der Waals surface area contributed by atoms with Gasteiger partial charge in [0.15, 0.2) is 6.29 Å². The number of hydrogen-bond acceptors (Lipinski definition) is 5. The topological polar surface area (TPSA) is 71.6 Å². The van der Waals surface area contributed by atoms with Crippen LogP contribution >= 0.6 is 0 Å². The van der Waals surface area contributed by atoms with Crippen molar-refractivity contribution in [2.24, 2.45) is 0 Å². The molecule has 31 heavy (non-hydrogen) atoms. The number of rotatable bonds is 8. The molecule has 1 amide bonds. The largest absolute Gasteiger partial charge is 0.378 e. The van der Waals surface area contributed by atoms with Gasteiger partial charge in [0.2, 0.25) is 0 Å². The molecular weight excluding hydrogens is 390 g/mol. The van der Waals surface area contributed by atoms with Crippen LogP contribution in [0.15, 0.2) is 60.7 Å². The van der Waals surface area contributed by atoms with Crippen LogP contribution < -0.4 is 16.1 Å². The first-order valence-electron chi connectivity index (χ1n) is 11.1. The van der Waals surface area contributed by atoms with Crippen LogP contribution in [0.4, 0.5) is 5.69 Å². The molecule has 2 aromatic rings. The molecule has 3 N–H and O–H groups in total. The second-order valence-corrected chi connectivity index (χ2v) is 8.33. The minimum Gasteiger partial charge on any atom is -0.378 e. The SMILES string of the molecule is O=C(C=Cc1ccc(N[C@]2(Cc3ccccc3)CCNC2)cc1)NOC1CCCCO1. The lowest BCUT2D eigenvalue weighted by atomic mass is 9.89. The number of ether oxygens (including phenoxy) is 1. The van der Waals surface area contributed by atoms with Gasteiger partial charge in [-0.1, -0.05) is 42.5 Å². The van der Waals surface area contributed by atoms with E-state index in [9.17, 15) is 4.79 Å². The van der Waals surface area contributed by atoms with Gasteiger partial charge in [0, 0.05) is 31.3 Å². The van der Waals surface area contributed by atoms with E-state index in [1.54, 1.807) is 6.08 Å². The first kappa shape index (κ1) is 21.6. The van der Waals surface area contributed by atoms with Crippen LogP contribution in [0.25, 0.3) is 6.08 Å². The van der Waals surface area contributed by atoms with Crippen molar-refractivity contribution < 1.29 is 14.4 Å². The fourth-order valence-electron chi connectivity index (χ4n) is 4.15. The molecule has 164 valence electrons. The Labute approximate surface area is 184 Å². The van der Waals surface area contributed by atoms with E-state index >= 15 is 0 Å². The summed E-state index contributed by atoms with van der Waals surface area (Å²) in [6, 6.07) is 18.8. The van der Waals surface area contributed by atoms with Gasteiger partial charge in [-0.15, -0.1) is 0 Å². The second kappa shape index (κ2) is 10.6. The van der Waals surface area contributed by atoms with E-state index in [-0.39, 0.29) is 17.7 Å². The number of hydrogen-bond donors (Lipinski definition) is 3. The molecule has 6 nitrogen and oxygen atoms in total. The van der Waals surface area contributed by atoms with Crippen molar-refractivity contribution in [1.29, 1.82) is 0 Å². The zero-order valence-electron chi connectivity index (χ0n) is 17.8. The molecule has 1 unspecified atom stereocenters. The molecule has 0 saturated carbocycles. The summed E-state index contributed by atoms with van der Waals surface area (Å²) < 4.78 is 5.43. The number of amides is 1. The maximum Gasteiger partial charge on any atom is 0.267 e. The quantitative estimate of drug-likeness (QED) is 0.448. The Hall–Kier alpha value is -2.67. The Morgan fingerprint density at radius 1 is 1.16 bits per heavy atom. The van der Waals surface area contributed by atoms with Gasteiger partial charge in [-0.25, -0.2) is 10.3 Å². The van der Waals surface area contributed by atoms with E-state index in [1.165, 1.54) is 11.6 Å². The lowest BCUT2D eigenvalue weighted by Crippen LogP contribution is -2.42. The molecule has 2 fully saturated rings. The van der Waals surface area contributed by atoms with E-state index in [4.69, 9.17) is 9.57 Å². The molecule has 0 bridgehead atoms. The van der Waals surface area contributed by atoms with Crippen molar-refractivity contribution in [1.82, 2.24) is 10.8 Å². The average molecular weight is 422 g/mol. The van der Waals surface area contributed by atoms with Crippen molar-refractivity contribution >= 4 is 17.7 Å². The molecule has 0 aliphatic carbocycles. The summed E-state index contributed by atoms with van der Waals surface area (Å²) in [4.78, 5) is 17.3. The summed E-state index contributed by atoms with van der Waals surface area (Å²) in [6.07, 6.45) is 7.87. The highest BCUT2D eigenvalue weighted by atomic mass is 16.8. The molecule has 0 aromatic heterocycles. The van der Waals surface area contributed by atoms with Crippen LogP contribution in [-0.2, 0) is 20.8 Å². The monoisotopic (exact) mass is 421 g/mol. The van der Waals surface area contributed by atoms with Crippen molar-refractivity contribution in [2.75, 3.05) is 25.0 Å². The summed E-state index contributed by atoms with van der Waals surface area (Å²) in [5.41, 5.74) is 5.83. The Kier molecular flexibility index (Phi) is 7.35. The number of hydroxylamine groups is 1. The standard InChI is InChI=1S/C25H31N3O3/c29-23(28-31-24-8-4-5-17-30-24)14-11-20-9-12-22(13-10-20)27-25(15-16-26-19-25)18-21-6-2-1-3-7-21/h1-3,6-7,9-14,24,26-27H,4-5,8,15-19H2,(H,28,29)/t24?,25-/m0/s1. The Bertz CT molecular complexity index is 855. The fraction of sp³-hybridized carbons (Fsp3) is 0.400. The summed E-state index contributed by atoms with van der Waals surface area (Å²) in [7, 11) is 0. The van der Waals surface area contributed by atoms with E-state index in [0.29, 0.717) is 6.61 Å². The average Bonchev–Trinajstić information content (AvgIpc) is 3.26. The zero-order chi connectivity index (χ0) is 21.4. The first-order valence-corrected chi connectivity index (χ1v) is 11.1. The van der Waals surface area contributed by atoms with Crippen LogP contribution in [-0.4, -0.2) is 37.4 Å². The van der Waals surface area contributed by atoms with Gasteiger partial charge in [0.05, 0.1) is 5.54 Å². The van der Waals surface area contributed by atoms with E-state index < -0.39 is 0 Å². The number of benzene rings is 2. The summed E-state index contributed by atoms with van der Waals surface area (Å²) >= 11 is 0. The van der Waals surface area contributed by atoms with Gasteiger partial charge in [-0.2, -0.15) is 0 Å². The Morgan fingerprint density at radius 2 is 2.00 bits per heavy atom. The third-order valence-corrected chi connectivity index (χ3v) is 5.81. The highest BCUT2D eigenvalue weighted by Crippen LogP contribution is 2.26. The van der Waals surface area contributed by atoms with Gasteiger partial charge in [-0.05, 0) is 61.6 Å². The van der Waals surface area contributed by atoms with Crippen molar-refractivity contribution in [3.05, 3.63) is 71.8 Å². The van der Waals surface area contributed by atoms with Gasteiger partial charge in [0.25, 0.3) is 5.91 Å². The fourth-order valence-corrected chi connectivity index (χ4v) is 4.15. The number of carbonyl (C=O) groups is 1. The van der Waals surface area contributed by atoms with E-state index in [1.807, 2.05) is 12.1 Å². The smallest absolute Gasteiger partial charge is 0.267 e. The van der Waals surface area contributed by atoms with E-state index in [2.05, 4.69) is 58.6 Å². The summed E-state index contributed by atoms with van der Waals surface area (Å²) in [6.45, 7) is 2.64. The van der Waals surface area contributed by atoms with E-state index in [0.717, 1.165) is 56.4 Å². The molecule has 2 saturated heterocycles. The Balaban J connectivity index is 1.30. The number of nitrogens with one attached hydrogen (secondary N) is 3. The molecule has 2 aliphatic heterocycles. The molecule has 4 rings (SSSR count). The lowest BCUT2D eigenvalue weighted by Gasteiger charge is -2.31. The van der Waals surface area contributed by atoms with Crippen LogP contribution in [0.2, 0.25) is 0 Å². The van der Waals surface area contributed by atoms with Crippen molar-refractivity contribution in [3.63, 3.8) is 0 Å². The molecular formula is C25H31N3O3. The van der Waals surface area contributed by atoms with Gasteiger partial charge in [-0.3, -0.25) is 4.79 Å². The lowest BCUT2D eigenvalue weighted by molar-refractivity contribution is -0.198. The molecule has 2 aliphatic rings. The zero-order valence-corrected chi connectivity index (χ0v) is 17.8. The molecule has 6 heteroatoms. The maximum absolute atomic E-state index is 12.0. The maximum atomic E-state index is 12.0. The van der Waals surface area contributed by atoms with Gasteiger partial charge < -0.3 is 15.4 Å². The Morgan fingerprint density at radius 3 is 2.71 bits per heavy atom. The second-order valence-electron chi connectivity index (χ2n) is 8.33. The minimum atomic E-state index is -0.343. The third-order valence-electron chi connectivity index (χ3n) is 5.81. The van der Waals surface area contributed by atoms with Crippen LogP contribution in [0.5, 0.6) is 0 Å². The van der Waals surface area contributed by atoms with Crippen LogP contribution in [0.1, 0.15) is 36.8 Å². The minimum absolute atomic E-state index is 0.0110. The van der Waals surface area contributed by atoms with Crippen LogP contribution in [0.3, 0.4) is 0 Å². The predicted octanol–water partition coefficient (Wildman–Crippen LogP) is 3.66. The highest BCUT2D eigenvalue weighted by molar-refractivity contribution is 5.91. The summed E-state index contributed by atoms with van der Waals surface area (Å²) in [5.74, 6) is -0.296. The third kappa shape index (κ3) is 6.40.